The van der Waals surface area contributed by atoms with E-state index in [0.29, 0.717) is 5.30 Å². The van der Waals surface area contributed by atoms with Crippen LogP contribution in [0.15, 0.2) is 43.9 Å². The molecule has 1 aromatic carbocycles. The van der Waals surface area contributed by atoms with Crippen molar-refractivity contribution in [1.29, 1.82) is 0 Å². The Morgan fingerprint density at radius 3 is 1.76 bits per heavy atom. The van der Waals surface area contributed by atoms with Gasteiger partial charge in [-0.1, -0.05) is 30.3 Å². The van der Waals surface area contributed by atoms with Crippen molar-refractivity contribution in [3.8, 4) is 0 Å². The second kappa shape index (κ2) is 5.04. The van der Waals surface area contributed by atoms with Crippen molar-refractivity contribution in [1.82, 2.24) is 0 Å². The van der Waals surface area contributed by atoms with Crippen molar-refractivity contribution < 1.29 is 0 Å². The molecule has 1 aliphatic rings. The second-order valence-electron chi connectivity index (χ2n) is 3.04. The van der Waals surface area contributed by atoms with Crippen LogP contribution in [0.25, 0.3) is 0 Å². The lowest BCUT2D eigenvalue weighted by atomic mass is 10.4. The van der Waals surface area contributed by atoms with E-state index in [9.17, 15) is 0 Å². The molecule has 0 radical (unpaired) electrons. The minimum Gasteiger partial charge on any atom is -0.194 e. The van der Waals surface area contributed by atoms with Crippen LogP contribution in [0.5, 0.6) is 0 Å². The quantitative estimate of drug-likeness (QED) is 0.448. The minimum atomic E-state index is -2.94. The first kappa shape index (κ1) is 14.8. The summed E-state index contributed by atoms with van der Waals surface area (Å²) in [4.78, 5) is 0. The molecule has 0 N–H and O–H groups in total. The van der Waals surface area contributed by atoms with Crippen molar-refractivity contribution in [2.24, 2.45) is 13.5 Å². The predicted octanol–water partition coefficient (Wildman–Crippen LogP) is 7.44. The summed E-state index contributed by atoms with van der Waals surface area (Å²) in [7, 11) is 0. The molecule has 0 fully saturated rings. The summed E-state index contributed by atoms with van der Waals surface area (Å²) in [5.41, 5.74) is 0. The molecular formula is C6H5Cl5N3P3. The summed E-state index contributed by atoms with van der Waals surface area (Å²) in [6.07, 6.45) is 0. The van der Waals surface area contributed by atoms with Gasteiger partial charge in [0.25, 0.3) is 11.8 Å². The van der Waals surface area contributed by atoms with Crippen LogP contribution in [0.3, 0.4) is 0 Å². The Balaban J connectivity index is 2.73. The Kier molecular flexibility index (Phi) is 4.38. The zero-order valence-corrected chi connectivity index (χ0v) is 14.4. The van der Waals surface area contributed by atoms with Crippen LogP contribution < -0.4 is 5.30 Å². The van der Waals surface area contributed by atoms with Crippen LogP contribution in [0, 0.1) is 0 Å². The van der Waals surface area contributed by atoms with E-state index >= 15 is 0 Å². The molecule has 17 heavy (non-hydrogen) atoms. The van der Waals surface area contributed by atoms with Crippen molar-refractivity contribution in [3.05, 3.63) is 30.3 Å². The van der Waals surface area contributed by atoms with E-state index < -0.39 is 18.4 Å². The van der Waals surface area contributed by atoms with E-state index in [0.717, 1.165) is 0 Å². The van der Waals surface area contributed by atoms with Crippen molar-refractivity contribution in [3.63, 3.8) is 0 Å². The molecule has 1 atom stereocenters. The Morgan fingerprint density at radius 1 is 0.706 bits per heavy atom. The third-order valence-electron chi connectivity index (χ3n) is 1.75. The van der Waals surface area contributed by atoms with Crippen molar-refractivity contribution in [2.45, 2.75) is 0 Å². The van der Waals surface area contributed by atoms with Gasteiger partial charge in [0.15, 0.2) is 6.56 Å². The van der Waals surface area contributed by atoms with Gasteiger partial charge in [-0.25, -0.2) is 0 Å². The predicted molar refractivity (Wildman–Crippen MR) is 83.4 cm³/mol. The summed E-state index contributed by atoms with van der Waals surface area (Å²) < 4.78 is 12.2. The molecule has 2 rings (SSSR count). The van der Waals surface area contributed by atoms with Gasteiger partial charge in [0, 0.05) is 5.30 Å². The molecule has 94 valence electrons. The molecule has 3 nitrogen and oxygen atoms in total. The molecule has 0 bridgehead atoms. The van der Waals surface area contributed by atoms with Gasteiger partial charge >= 0.3 is 0 Å². The van der Waals surface area contributed by atoms with Gasteiger partial charge in [0.1, 0.15) is 0 Å². The van der Waals surface area contributed by atoms with Crippen LogP contribution in [-0.4, -0.2) is 0 Å². The first-order chi connectivity index (χ1) is 7.73. The van der Waals surface area contributed by atoms with Gasteiger partial charge in [-0.05, 0) is 56.2 Å². The molecular weight excluding hydrogens is 384 g/mol. The van der Waals surface area contributed by atoms with Crippen molar-refractivity contribution >= 4 is 79.9 Å². The molecule has 0 aliphatic carbocycles. The number of hydrogen-bond acceptors (Lipinski definition) is 3. The third-order valence-corrected chi connectivity index (χ3v) is 14.7. The largest absolute Gasteiger partial charge is 0.256 e. The van der Waals surface area contributed by atoms with E-state index in [1.165, 1.54) is 0 Å². The van der Waals surface area contributed by atoms with Crippen LogP contribution >= 0.6 is 74.6 Å². The molecule has 0 aromatic heterocycles. The molecule has 1 aromatic rings. The molecule has 0 saturated carbocycles. The van der Waals surface area contributed by atoms with Crippen LogP contribution in [0.4, 0.5) is 0 Å². The lowest BCUT2D eigenvalue weighted by Gasteiger charge is -2.21. The average molecular weight is 389 g/mol. The SMILES string of the molecule is ClP1(Cl)=NP(Cl)(Cl)=NP(Cl)(c2ccccc2)=N1. The summed E-state index contributed by atoms with van der Waals surface area (Å²) in [6.45, 7) is -2.76. The highest BCUT2D eigenvalue weighted by atomic mass is 35.9. The smallest absolute Gasteiger partial charge is 0.194 e. The zero-order valence-electron chi connectivity index (χ0n) is 7.96. The van der Waals surface area contributed by atoms with Crippen LogP contribution in [0.1, 0.15) is 0 Å². The maximum Gasteiger partial charge on any atom is 0.256 e. The number of halogens is 5. The fraction of sp³-hybridized carbons (Fsp3) is 0. The molecule has 1 heterocycles. The molecule has 0 spiro atoms. The normalized spacial score (nSPS) is 29.7. The zero-order chi connectivity index (χ0) is 12.7. The van der Waals surface area contributed by atoms with E-state index in [4.69, 9.17) is 56.2 Å². The number of rotatable bonds is 1. The van der Waals surface area contributed by atoms with E-state index in [1.54, 1.807) is 12.1 Å². The first-order valence-electron chi connectivity index (χ1n) is 4.18. The highest BCUT2D eigenvalue weighted by Crippen LogP contribution is 2.86. The first-order valence-corrected chi connectivity index (χ1v) is 13.8. The van der Waals surface area contributed by atoms with Crippen molar-refractivity contribution in [2.75, 3.05) is 0 Å². The average Bonchev–Trinajstić information content (AvgIpc) is 2.13. The van der Waals surface area contributed by atoms with E-state index in [2.05, 4.69) is 13.5 Å². The van der Waals surface area contributed by atoms with E-state index in [1.807, 2.05) is 18.2 Å². The minimum absolute atomic E-state index is 0.716. The highest BCUT2D eigenvalue weighted by molar-refractivity contribution is 8.23. The Bertz CT molecular complexity index is 593. The lowest BCUT2D eigenvalue weighted by Crippen LogP contribution is -1.97. The lowest BCUT2D eigenvalue weighted by molar-refractivity contribution is 1.73. The summed E-state index contributed by atoms with van der Waals surface area (Å²) in [5, 5.41) is 0.716. The van der Waals surface area contributed by atoms with Gasteiger partial charge in [-0.2, -0.15) is 13.5 Å². The summed E-state index contributed by atoms with van der Waals surface area (Å²) in [5.74, 6) is -5.88. The topological polar surface area (TPSA) is 37.1 Å². The van der Waals surface area contributed by atoms with E-state index in [-0.39, 0.29) is 0 Å². The number of benzene rings is 1. The molecule has 0 amide bonds. The highest BCUT2D eigenvalue weighted by Gasteiger charge is 2.33. The molecule has 11 heteroatoms. The Hall–Kier alpha value is 1.36. The van der Waals surface area contributed by atoms with Gasteiger partial charge in [0.2, 0.25) is 0 Å². The van der Waals surface area contributed by atoms with Gasteiger partial charge in [-0.15, -0.1) is 0 Å². The summed E-state index contributed by atoms with van der Waals surface area (Å²) in [6, 6.07) is 9.08. The molecule has 0 saturated heterocycles. The fourth-order valence-electron chi connectivity index (χ4n) is 1.19. The standard InChI is InChI=1S/C6H5Cl5N3P3/c7-15(6-4-2-1-3-5-6)12-16(8,9)14-17(10,11)13-15/h1-5H. The van der Waals surface area contributed by atoms with Gasteiger partial charge in [-0.3, -0.25) is 0 Å². The van der Waals surface area contributed by atoms with Gasteiger partial charge in [0.05, 0.1) is 0 Å². The second-order valence-corrected chi connectivity index (χ2v) is 16.7. The molecule has 1 aliphatic heterocycles. The number of nitrogens with zero attached hydrogens (tertiary/aromatic N) is 3. The van der Waals surface area contributed by atoms with Crippen LogP contribution in [-0.2, 0) is 0 Å². The Morgan fingerprint density at radius 2 is 1.24 bits per heavy atom. The van der Waals surface area contributed by atoms with Crippen LogP contribution in [0.2, 0.25) is 0 Å². The third kappa shape index (κ3) is 3.68. The fourth-order valence-corrected chi connectivity index (χ4v) is 18.9. The monoisotopic (exact) mass is 387 g/mol. The molecule has 1 unspecified atom stereocenters. The Labute approximate surface area is 123 Å². The maximum absolute atomic E-state index is 6.41. The maximum atomic E-state index is 6.41. The summed E-state index contributed by atoms with van der Waals surface area (Å²) >= 11 is 30.3. The number of hydrogen-bond donors (Lipinski definition) is 0. The van der Waals surface area contributed by atoms with Gasteiger partial charge < -0.3 is 0 Å².